The van der Waals surface area contributed by atoms with Crippen LogP contribution in [0.2, 0.25) is 0 Å². The number of rotatable bonds is 6. The molecule has 1 aliphatic heterocycles. The molecule has 17 heavy (non-hydrogen) atoms. The number of amides is 1. The van der Waals surface area contributed by atoms with Gasteiger partial charge in [0, 0.05) is 19.3 Å². The van der Waals surface area contributed by atoms with Gasteiger partial charge in [-0.2, -0.15) is 0 Å². The van der Waals surface area contributed by atoms with Crippen molar-refractivity contribution in [2.24, 2.45) is 11.7 Å². The number of carbonyl (C=O) groups is 1. The van der Waals surface area contributed by atoms with Crippen LogP contribution in [0, 0.1) is 5.92 Å². The van der Waals surface area contributed by atoms with E-state index in [1.54, 1.807) is 0 Å². The first-order valence-electron chi connectivity index (χ1n) is 6.78. The minimum absolute atomic E-state index is 0.00237. The molecule has 0 aromatic carbocycles. The largest absolute Gasteiger partial charge is 0.381 e. The molecular weight excluding hydrogens is 216 g/mol. The molecule has 4 nitrogen and oxygen atoms in total. The lowest BCUT2D eigenvalue weighted by molar-refractivity contribution is -0.123. The Balaban J connectivity index is 2.28. The molecule has 1 heterocycles. The van der Waals surface area contributed by atoms with Crippen molar-refractivity contribution < 1.29 is 9.53 Å². The number of nitrogens with one attached hydrogen (secondary N) is 1. The summed E-state index contributed by atoms with van der Waals surface area (Å²) in [4.78, 5) is 11.8. The summed E-state index contributed by atoms with van der Waals surface area (Å²) >= 11 is 0. The fraction of sp³-hybridized carbons (Fsp3) is 0.923. The topological polar surface area (TPSA) is 64.4 Å². The van der Waals surface area contributed by atoms with Crippen molar-refractivity contribution in [3.63, 3.8) is 0 Å². The van der Waals surface area contributed by atoms with Gasteiger partial charge in [-0.25, -0.2) is 0 Å². The number of hydrogen-bond acceptors (Lipinski definition) is 3. The van der Waals surface area contributed by atoms with Crippen LogP contribution in [0.1, 0.15) is 46.0 Å². The van der Waals surface area contributed by atoms with Gasteiger partial charge in [0.1, 0.15) is 0 Å². The molecule has 1 rings (SSSR count). The first-order chi connectivity index (χ1) is 8.15. The molecule has 1 aliphatic rings. The van der Waals surface area contributed by atoms with E-state index in [1.165, 1.54) is 0 Å². The molecule has 0 spiro atoms. The summed E-state index contributed by atoms with van der Waals surface area (Å²) < 4.78 is 5.32. The van der Waals surface area contributed by atoms with Crippen molar-refractivity contribution in [1.82, 2.24) is 5.32 Å². The second-order valence-electron chi connectivity index (χ2n) is 5.00. The molecule has 0 bridgehead atoms. The van der Waals surface area contributed by atoms with Gasteiger partial charge in [0.15, 0.2) is 0 Å². The standard InChI is InChI=1S/C13H26N2O2/c1-3-4-5-12(14)13(16)15-10(2)11-6-8-17-9-7-11/h10-12H,3-9,14H2,1-2H3,(H,15,16)/t10?,12-/m0/s1. The zero-order chi connectivity index (χ0) is 12.7. The van der Waals surface area contributed by atoms with Gasteiger partial charge in [-0.15, -0.1) is 0 Å². The highest BCUT2D eigenvalue weighted by Gasteiger charge is 2.23. The van der Waals surface area contributed by atoms with E-state index in [2.05, 4.69) is 19.2 Å². The molecule has 1 fully saturated rings. The Kier molecular flexibility index (Phi) is 6.52. The van der Waals surface area contributed by atoms with Crippen molar-refractivity contribution >= 4 is 5.91 Å². The predicted octanol–water partition coefficient (Wildman–Crippen LogP) is 1.44. The molecule has 1 amide bonds. The lowest BCUT2D eigenvalue weighted by atomic mass is 9.92. The lowest BCUT2D eigenvalue weighted by Crippen LogP contribution is -2.47. The van der Waals surface area contributed by atoms with Gasteiger partial charge in [-0.1, -0.05) is 19.8 Å². The third-order valence-corrected chi connectivity index (χ3v) is 3.55. The Morgan fingerprint density at radius 3 is 2.71 bits per heavy atom. The minimum atomic E-state index is -0.350. The smallest absolute Gasteiger partial charge is 0.237 e. The Bertz CT molecular complexity index is 227. The van der Waals surface area contributed by atoms with E-state index in [-0.39, 0.29) is 18.0 Å². The second-order valence-corrected chi connectivity index (χ2v) is 5.00. The van der Waals surface area contributed by atoms with Crippen molar-refractivity contribution in [2.45, 2.75) is 58.0 Å². The first kappa shape index (κ1) is 14.5. The zero-order valence-electron chi connectivity index (χ0n) is 11.1. The molecule has 2 atom stereocenters. The van der Waals surface area contributed by atoms with Crippen LogP contribution in [-0.4, -0.2) is 31.2 Å². The molecule has 4 heteroatoms. The van der Waals surface area contributed by atoms with E-state index in [0.29, 0.717) is 5.92 Å². The third kappa shape index (κ3) is 5.04. The van der Waals surface area contributed by atoms with Crippen LogP contribution in [0.4, 0.5) is 0 Å². The van der Waals surface area contributed by atoms with Crippen molar-refractivity contribution in [1.29, 1.82) is 0 Å². The fourth-order valence-corrected chi connectivity index (χ4v) is 2.22. The summed E-state index contributed by atoms with van der Waals surface area (Å²) in [6.45, 7) is 5.80. The van der Waals surface area contributed by atoms with E-state index in [0.717, 1.165) is 45.3 Å². The van der Waals surface area contributed by atoms with E-state index >= 15 is 0 Å². The molecule has 3 N–H and O–H groups in total. The SMILES string of the molecule is CCCC[C@H](N)C(=O)NC(C)C1CCOCC1. The highest BCUT2D eigenvalue weighted by Crippen LogP contribution is 2.18. The molecule has 0 aliphatic carbocycles. The molecule has 0 aromatic rings. The Hall–Kier alpha value is -0.610. The van der Waals surface area contributed by atoms with Crippen LogP contribution in [0.25, 0.3) is 0 Å². The van der Waals surface area contributed by atoms with Crippen LogP contribution >= 0.6 is 0 Å². The number of carbonyl (C=O) groups excluding carboxylic acids is 1. The molecule has 1 unspecified atom stereocenters. The average Bonchev–Trinajstić information content (AvgIpc) is 2.36. The van der Waals surface area contributed by atoms with E-state index < -0.39 is 0 Å². The van der Waals surface area contributed by atoms with Crippen LogP contribution in [0.15, 0.2) is 0 Å². The van der Waals surface area contributed by atoms with Gasteiger partial charge < -0.3 is 15.8 Å². The summed E-state index contributed by atoms with van der Waals surface area (Å²) in [5.41, 5.74) is 5.84. The Morgan fingerprint density at radius 1 is 1.47 bits per heavy atom. The average molecular weight is 242 g/mol. The number of unbranched alkanes of at least 4 members (excludes halogenated alkanes) is 1. The van der Waals surface area contributed by atoms with Crippen molar-refractivity contribution in [3.05, 3.63) is 0 Å². The maximum Gasteiger partial charge on any atom is 0.237 e. The highest BCUT2D eigenvalue weighted by molar-refractivity contribution is 5.81. The fourth-order valence-electron chi connectivity index (χ4n) is 2.22. The van der Waals surface area contributed by atoms with E-state index in [4.69, 9.17) is 10.5 Å². The van der Waals surface area contributed by atoms with Crippen LogP contribution < -0.4 is 11.1 Å². The summed E-state index contributed by atoms with van der Waals surface area (Å²) in [6.07, 6.45) is 4.94. The predicted molar refractivity (Wildman–Crippen MR) is 68.6 cm³/mol. The first-order valence-corrected chi connectivity index (χ1v) is 6.78. The van der Waals surface area contributed by atoms with Gasteiger partial charge in [0.2, 0.25) is 5.91 Å². The Labute approximate surface area is 104 Å². The van der Waals surface area contributed by atoms with Gasteiger partial charge in [0.25, 0.3) is 0 Å². The highest BCUT2D eigenvalue weighted by atomic mass is 16.5. The van der Waals surface area contributed by atoms with Gasteiger partial charge in [-0.3, -0.25) is 4.79 Å². The van der Waals surface area contributed by atoms with E-state index in [9.17, 15) is 4.79 Å². The monoisotopic (exact) mass is 242 g/mol. The summed E-state index contributed by atoms with van der Waals surface area (Å²) in [5, 5.41) is 3.04. The summed E-state index contributed by atoms with van der Waals surface area (Å²) in [5.74, 6) is 0.531. The van der Waals surface area contributed by atoms with Gasteiger partial charge in [-0.05, 0) is 32.1 Å². The number of hydrogen-bond donors (Lipinski definition) is 2. The number of ether oxygens (including phenoxy) is 1. The maximum absolute atomic E-state index is 11.8. The maximum atomic E-state index is 11.8. The number of nitrogens with two attached hydrogens (primary N) is 1. The molecule has 0 radical (unpaired) electrons. The molecule has 0 saturated carbocycles. The van der Waals surface area contributed by atoms with Crippen LogP contribution in [0.5, 0.6) is 0 Å². The van der Waals surface area contributed by atoms with Gasteiger partial charge in [0.05, 0.1) is 6.04 Å². The zero-order valence-corrected chi connectivity index (χ0v) is 11.1. The van der Waals surface area contributed by atoms with Crippen molar-refractivity contribution in [3.8, 4) is 0 Å². The van der Waals surface area contributed by atoms with Crippen LogP contribution in [-0.2, 0) is 9.53 Å². The van der Waals surface area contributed by atoms with Gasteiger partial charge >= 0.3 is 0 Å². The second kappa shape index (κ2) is 7.67. The molecule has 1 saturated heterocycles. The Morgan fingerprint density at radius 2 is 2.12 bits per heavy atom. The lowest BCUT2D eigenvalue weighted by Gasteiger charge is -2.29. The van der Waals surface area contributed by atoms with Crippen molar-refractivity contribution in [2.75, 3.05) is 13.2 Å². The quantitative estimate of drug-likeness (QED) is 0.740. The summed E-state index contributed by atoms with van der Waals surface area (Å²) in [6, 6.07) is -0.142. The van der Waals surface area contributed by atoms with E-state index in [1.807, 2.05) is 0 Å². The molecular formula is C13H26N2O2. The minimum Gasteiger partial charge on any atom is -0.381 e. The third-order valence-electron chi connectivity index (χ3n) is 3.55. The summed E-state index contributed by atoms with van der Waals surface area (Å²) in [7, 11) is 0. The molecule has 0 aromatic heterocycles. The molecule has 100 valence electrons. The van der Waals surface area contributed by atoms with Crippen LogP contribution in [0.3, 0.4) is 0 Å². The normalized spacial score (nSPS) is 20.9.